The van der Waals surface area contributed by atoms with E-state index in [4.69, 9.17) is 0 Å². The number of nitrogens with zero attached hydrogens (tertiary/aromatic N) is 2. The lowest BCUT2D eigenvalue weighted by Gasteiger charge is -2.00. The number of benzene rings is 1. The number of hydrogen-bond donors (Lipinski definition) is 1. The molecule has 1 N–H and O–H groups in total. The summed E-state index contributed by atoms with van der Waals surface area (Å²) in [4.78, 5) is 0. The lowest BCUT2D eigenvalue weighted by Crippen LogP contribution is -1.89. The molecule has 18 heavy (non-hydrogen) atoms. The minimum Gasteiger partial charge on any atom is -0.330 e. The second-order valence-electron chi connectivity index (χ2n) is 3.75. The molecule has 0 radical (unpaired) electrons. The third-order valence-corrected chi connectivity index (χ3v) is 4.15. The van der Waals surface area contributed by atoms with Gasteiger partial charge in [0.15, 0.2) is 4.34 Å². The molecule has 0 spiro atoms. The molecule has 0 atom stereocenters. The van der Waals surface area contributed by atoms with E-state index in [9.17, 15) is 4.39 Å². The van der Waals surface area contributed by atoms with Gasteiger partial charge in [-0.05, 0) is 31.2 Å². The van der Waals surface area contributed by atoms with Crippen LogP contribution in [0.4, 0.5) is 15.2 Å². The Morgan fingerprint density at radius 2 is 2.11 bits per heavy atom. The van der Waals surface area contributed by atoms with Crippen molar-refractivity contribution in [1.82, 2.24) is 10.2 Å². The van der Waals surface area contributed by atoms with E-state index in [1.165, 1.54) is 23.5 Å². The Morgan fingerprint density at radius 3 is 2.78 bits per heavy atom. The van der Waals surface area contributed by atoms with Crippen LogP contribution in [0.25, 0.3) is 0 Å². The topological polar surface area (TPSA) is 37.8 Å². The molecule has 0 fully saturated rings. The van der Waals surface area contributed by atoms with Crippen LogP contribution in [0.2, 0.25) is 0 Å². The highest BCUT2D eigenvalue weighted by Crippen LogP contribution is 2.28. The van der Waals surface area contributed by atoms with Crippen LogP contribution >= 0.6 is 23.1 Å². The molecule has 0 aliphatic rings. The second-order valence-corrected chi connectivity index (χ2v) is 5.95. The third-order valence-electron chi connectivity index (χ3n) is 1.94. The van der Waals surface area contributed by atoms with Crippen molar-refractivity contribution in [2.24, 2.45) is 0 Å². The quantitative estimate of drug-likeness (QED) is 0.661. The summed E-state index contributed by atoms with van der Waals surface area (Å²) in [5.41, 5.74) is 1.90. The van der Waals surface area contributed by atoms with Gasteiger partial charge in [0.2, 0.25) is 5.13 Å². The lowest BCUT2D eigenvalue weighted by molar-refractivity contribution is 0.628. The molecular formula is C12H12FN3S2. The predicted molar refractivity (Wildman–Crippen MR) is 75.1 cm³/mol. The van der Waals surface area contributed by atoms with Gasteiger partial charge in [0.25, 0.3) is 0 Å². The summed E-state index contributed by atoms with van der Waals surface area (Å²) in [5, 5.41) is 11.9. The zero-order chi connectivity index (χ0) is 13.0. The van der Waals surface area contributed by atoms with Gasteiger partial charge in [-0.1, -0.05) is 35.3 Å². The minimum atomic E-state index is -0.254. The van der Waals surface area contributed by atoms with Gasteiger partial charge in [-0.3, -0.25) is 0 Å². The van der Waals surface area contributed by atoms with E-state index in [2.05, 4.69) is 22.1 Å². The fourth-order valence-corrected chi connectivity index (χ4v) is 2.78. The number of aromatic nitrogens is 2. The smallest absolute Gasteiger partial charge is 0.210 e. The third kappa shape index (κ3) is 3.82. The van der Waals surface area contributed by atoms with Crippen molar-refractivity contribution in [3.05, 3.63) is 42.2 Å². The molecule has 0 aliphatic carbocycles. The minimum absolute atomic E-state index is 0.254. The van der Waals surface area contributed by atoms with Crippen molar-refractivity contribution >= 4 is 33.9 Å². The van der Waals surface area contributed by atoms with Crippen LogP contribution in [0.1, 0.15) is 6.92 Å². The van der Waals surface area contributed by atoms with E-state index < -0.39 is 0 Å². The average molecular weight is 281 g/mol. The number of thioether (sulfide) groups is 1. The number of nitrogens with one attached hydrogen (secondary N) is 1. The first-order chi connectivity index (χ1) is 8.63. The van der Waals surface area contributed by atoms with E-state index in [0.29, 0.717) is 5.13 Å². The van der Waals surface area contributed by atoms with Crippen LogP contribution in [0.5, 0.6) is 0 Å². The van der Waals surface area contributed by atoms with E-state index in [0.717, 1.165) is 21.4 Å². The van der Waals surface area contributed by atoms with Crippen molar-refractivity contribution in [1.29, 1.82) is 0 Å². The van der Waals surface area contributed by atoms with Gasteiger partial charge in [-0.15, -0.1) is 10.2 Å². The summed E-state index contributed by atoms with van der Waals surface area (Å²) >= 11 is 3.08. The van der Waals surface area contributed by atoms with Crippen LogP contribution in [-0.4, -0.2) is 16.0 Å². The van der Waals surface area contributed by atoms with E-state index in [1.54, 1.807) is 23.9 Å². The molecule has 1 heterocycles. The molecule has 0 bridgehead atoms. The summed E-state index contributed by atoms with van der Waals surface area (Å²) < 4.78 is 13.6. The standard InChI is InChI=1S/C12H12FN3S2/c1-8(2)7-17-12-16-15-11(18-12)14-10-5-3-9(13)4-6-10/h3-6H,1,7H2,2H3,(H,14,15). The molecular weight excluding hydrogens is 269 g/mol. The zero-order valence-corrected chi connectivity index (χ0v) is 11.4. The van der Waals surface area contributed by atoms with Crippen LogP contribution in [0.15, 0.2) is 40.8 Å². The van der Waals surface area contributed by atoms with Gasteiger partial charge in [-0.25, -0.2) is 4.39 Å². The fraction of sp³-hybridized carbons (Fsp3) is 0.167. The number of hydrogen-bond acceptors (Lipinski definition) is 5. The molecule has 0 amide bonds. The first-order valence-electron chi connectivity index (χ1n) is 5.27. The Labute approximate surface area is 113 Å². The van der Waals surface area contributed by atoms with Gasteiger partial charge in [0, 0.05) is 11.4 Å². The molecule has 6 heteroatoms. The van der Waals surface area contributed by atoms with Crippen LogP contribution in [0, 0.1) is 5.82 Å². The number of rotatable bonds is 5. The summed E-state index contributed by atoms with van der Waals surface area (Å²) in [6.07, 6.45) is 0. The van der Waals surface area contributed by atoms with Crippen LogP contribution < -0.4 is 5.32 Å². The highest BCUT2D eigenvalue weighted by Gasteiger charge is 2.05. The Balaban J connectivity index is 1.97. The fourth-order valence-electron chi connectivity index (χ4n) is 1.16. The number of halogens is 1. The monoisotopic (exact) mass is 281 g/mol. The van der Waals surface area contributed by atoms with Gasteiger partial charge in [-0.2, -0.15) is 0 Å². The van der Waals surface area contributed by atoms with Gasteiger partial charge in [0.1, 0.15) is 5.82 Å². The molecule has 3 nitrogen and oxygen atoms in total. The summed E-state index contributed by atoms with van der Waals surface area (Å²) in [6.45, 7) is 5.82. The normalized spacial score (nSPS) is 10.3. The molecule has 94 valence electrons. The Kier molecular flexibility index (Phi) is 4.33. The Morgan fingerprint density at radius 1 is 1.39 bits per heavy atom. The van der Waals surface area contributed by atoms with Gasteiger partial charge in [0.05, 0.1) is 0 Å². The highest BCUT2D eigenvalue weighted by atomic mass is 32.2. The summed E-state index contributed by atoms with van der Waals surface area (Å²) in [7, 11) is 0. The Bertz CT molecular complexity index is 537. The maximum Gasteiger partial charge on any atom is 0.210 e. The Hall–Kier alpha value is -1.40. The first kappa shape index (κ1) is 13.0. The van der Waals surface area contributed by atoms with E-state index in [1.807, 2.05) is 6.92 Å². The average Bonchev–Trinajstić information content (AvgIpc) is 2.77. The van der Waals surface area contributed by atoms with E-state index in [-0.39, 0.29) is 5.82 Å². The van der Waals surface area contributed by atoms with Crippen molar-refractivity contribution in [3.63, 3.8) is 0 Å². The summed E-state index contributed by atoms with van der Waals surface area (Å²) in [6, 6.07) is 6.13. The molecule has 0 saturated carbocycles. The first-order valence-corrected chi connectivity index (χ1v) is 7.07. The van der Waals surface area contributed by atoms with Gasteiger partial charge >= 0.3 is 0 Å². The largest absolute Gasteiger partial charge is 0.330 e. The molecule has 2 aromatic rings. The molecule has 0 unspecified atom stereocenters. The van der Waals surface area contributed by atoms with Crippen molar-refractivity contribution < 1.29 is 4.39 Å². The predicted octanol–water partition coefficient (Wildman–Crippen LogP) is 4.09. The molecule has 2 rings (SSSR count). The van der Waals surface area contributed by atoms with Crippen LogP contribution in [-0.2, 0) is 0 Å². The van der Waals surface area contributed by atoms with Crippen molar-refractivity contribution in [2.75, 3.05) is 11.1 Å². The maximum atomic E-state index is 12.7. The summed E-state index contributed by atoms with van der Waals surface area (Å²) in [5.74, 6) is 0.584. The number of anilines is 2. The SMILES string of the molecule is C=C(C)CSc1nnc(Nc2ccc(F)cc2)s1. The molecule has 0 aliphatic heterocycles. The molecule has 1 aromatic carbocycles. The second kappa shape index (κ2) is 5.97. The lowest BCUT2D eigenvalue weighted by atomic mass is 10.3. The molecule has 0 saturated heterocycles. The maximum absolute atomic E-state index is 12.7. The van der Waals surface area contributed by atoms with Crippen LogP contribution in [0.3, 0.4) is 0 Å². The molecule has 1 aromatic heterocycles. The van der Waals surface area contributed by atoms with Crippen molar-refractivity contribution in [2.45, 2.75) is 11.3 Å². The van der Waals surface area contributed by atoms with Crippen molar-refractivity contribution in [3.8, 4) is 0 Å². The van der Waals surface area contributed by atoms with Gasteiger partial charge < -0.3 is 5.32 Å². The zero-order valence-electron chi connectivity index (χ0n) is 9.81. The highest BCUT2D eigenvalue weighted by molar-refractivity contribution is 8.01. The van der Waals surface area contributed by atoms with E-state index >= 15 is 0 Å².